The summed E-state index contributed by atoms with van der Waals surface area (Å²) >= 11 is 5.99. The minimum atomic E-state index is 0.357. The van der Waals surface area contributed by atoms with Crippen LogP contribution in [0.25, 0.3) is 10.9 Å². The highest BCUT2D eigenvalue weighted by Gasteiger charge is 2.16. The Morgan fingerprint density at radius 2 is 2.18 bits per heavy atom. The largest absolute Gasteiger partial charge is 0.314 e. The van der Waals surface area contributed by atoms with E-state index in [2.05, 4.69) is 27.8 Å². The Bertz CT molecular complexity index is 535. The second-order valence-corrected chi connectivity index (χ2v) is 4.71. The highest BCUT2D eigenvalue weighted by molar-refractivity contribution is 6.31. The summed E-state index contributed by atoms with van der Waals surface area (Å²) in [5.74, 6) is 0. The molecule has 0 bridgehead atoms. The minimum Gasteiger partial charge on any atom is -0.314 e. The third-order valence-electron chi connectivity index (χ3n) is 3.15. The van der Waals surface area contributed by atoms with Crippen molar-refractivity contribution in [1.29, 1.82) is 0 Å². The number of nitrogens with zero attached hydrogens (tertiary/aromatic N) is 1. The van der Waals surface area contributed by atoms with Crippen molar-refractivity contribution in [2.75, 3.05) is 19.6 Å². The maximum absolute atomic E-state index is 5.99. The van der Waals surface area contributed by atoms with Gasteiger partial charge in [0.05, 0.1) is 5.52 Å². The second-order valence-electron chi connectivity index (χ2n) is 4.27. The molecule has 2 aromatic rings. The van der Waals surface area contributed by atoms with E-state index in [1.807, 2.05) is 18.3 Å². The van der Waals surface area contributed by atoms with Gasteiger partial charge in [-0.15, -0.1) is 0 Å². The van der Waals surface area contributed by atoms with E-state index in [9.17, 15) is 0 Å². The molecule has 2 heterocycles. The van der Waals surface area contributed by atoms with Gasteiger partial charge in [-0.1, -0.05) is 17.7 Å². The number of nitrogens with one attached hydrogen (secondary N) is 2. The average molecular weight is 248 g/mol. The van der Waals surface area contributed by atoms with Crippen molar-refractivity contribution in [2.45, 2.75) is 6.04 Å². The van der Waals surface area contributed by atoms with E-state index < -0.39 is 0 Å². The Kier molecular flexibility index (Phi) is 2.97. The van der Waals surface area contributed by atoms with Crippen LogP contribution in [0.3, 0.4) is 0 Å². The van der Waals surface area contributed by atoms with Crippen molar-refractivity contribution in [3.05, 3.63) is 41.0 Å². The number of hydrogen-bond acceptors (Lipinski definition) is 3. The van der Waals surface area contributed by atoms with E-state index in [4.69, 9.17) is 11.6 Å². The fraction of sp³-hybridized carbons (Fsp3) is 0.308. The molecule has 4 heteroatoms. The van der Waals surface area contributed by atoms with Gasteiger partial charge in [-0.2, -0.15) is 0 Å². The number of piperazine rings is 1. The third kappa shape index (κ3) is 2.14. The summed E-state index contributed by atoms with van der Waals surface area (Å²) in [4.78, 5) is 4.36. The first-order valence-corrected chi connectivity index (χ1v) is 6.21. The molecule has 88 valence electrons. The average Bonchev–Trinajstić information content (AvgIpc) is 2.39. The Morgan fingerprint density at radius 3 is 3.00 bits per heavy atom. The summed E-state index contributed by atoms with van der Waals surface area (Å²) < 4.78 is 0. The molecule has 0 saturated carbocycles. The van der Waals surface area contributed by atoms with Crippen LogP contribution < -0.4 is 10.6 Å². The van der Waals surface area contributed by atoms with Crippen LogP contribution in [-0.2, 0) is 0 Å². The molecular formula is C13H14ClN3. The lowest BCUT2D eigenvalue weighted by Gasteiger charge is -2.25. The Balaban J connectivity index is 2.09. The standard InChI is InChI=1S/C13H14ClN3/c14-9-1-2-10-11(3-4-16-12(10)7-9)13-8-15-5-6-17-13/h1-4,7,13,15,17H,5-6,8H2. The molecule has 0 amide bonds. The van der Waals surface area contributed by atoms with Crippen LogP contribution >= 0.6 is 11.6 Å². The van der Waals surface area contributed by atoms with Crippen molar-refractivity contribution in [2.24, 2.45) is 0 Å². The lowest BCUT2D eigenvalue weighted by Crippen LogP contribution is -2.42. The van der Waals surface area contributed by atoms with Gasteiger partial charge in [0.25, 0.3) is 0 Å². The molecule has 3 nitrogen and oxygen atoms in total. The number of aromatic nitrogens is 1. The van der Waals surface area contributed by atoms with Crippen LogP contribution in [0, 0.1) is 0 Å². The molecule has 0 spiro atoms. The van der Waals surface area contributed by atoms with Gasteiger partial charge in [0.1, 0.15) is 0 Å². The van der Waals surface area contributed by atoms with Gasteiger partial charge >= 0.3 is 0 Å². The molecule has 17 heavy (non-hydrogen) atoms. The Hall–Kier alpha value is -1.16. The zero-order valence-corrected chi connectivity index (χ0v) is 10.2. The maximum atomic E-state index is 5.99. The van der Waals surface area contributed by atoms with Crippen molar-refractivity contribution >= 4 is 22.5 Å². The highest BCUT2D eigenvalue weighted by atomic mass is 35.5. The second kappa shape index (κ2) is 4.61. The van der Waals surface area contributed by atoms with E-state index in [-0.39, 0.29) is 0 Å². The molecule has 1 aromatic heterocycles. The molecule has 1 unspecified atom stereocenters. The summed E-state index contributed by atoms with van der Waals surface area (Å²) in [5, 5.41) is 8.83. The lowest BCUT2D eigenvalue weighted by molar-refractivity contribution is 0.432. The quantitative estimate of drug-likeness (QED) is 0.811. The summed E-state index contributed by atoms with van der Waals surface area (Å²) in [6.45, 7) is 3.00. The molecule has 1 aromatic carbocycles. The van der Waals surface area contributed by atoms with Crippen molar-refractivity contribution < 1.29 is 0 Å². The topological polar surface area (TPSA) is 37.0 Å². The molecule has 3 rings (SSSR count). The summed E-state index contributed by atoms with van der Waals surface area (Å²) in [6, 6.07) is 8.33. The predicted octanol–water partition coefficient (Wildman–Crippen LogP) is 2.12. The van der Waals surface area contributed by atoms with Crippen LogP contribution in [0.5, 0.6) is 0 Å². The molecule has 0 aliphatic carbocycles. The van der Waals surface area contributed by atoms with Crippen LogP contribution in [0.4, 0.5) is 0 Å². The summed E-state index contributed by atoms with van der Waals surface area (Å²) in [7, 11) is 0. The molecule has 1 aliphatic rings. The summed E-state index contributed by atoms with van der Waals surface area (Å²) in [6.07, 6.45) is 1.85. The monoisotopic (exact) mass is 247 g/mol. The highest BCUT2D eigenvalue weighted by Crippen LogP contribution is 2.25. The zero-order chi connectivity index (χ0) is 11.7. The number of benzene rings is 1. The summed E-state index contributed by atoms with van der Waals surface area (Å²) in [5.41, 5.74) is 2.25. The fourth-order valence-electron chi connectivity index (χ4n) is 2.32. The predicted molar refractivity (Wildman–Crippen MR) is 70.4 cm³/mol. The molecule has 2 N–H and O–H groups in total. The van der Waals surface area contributed by atoms with Crippen LogP contribution in [0.15, 0.2) is 30.5 Å². The number of halogens is 1. The molecular weight excluding hydrogens is 234 g/mol. The lowest BCUT2D eigenvalue weighted by atomic mass is 10.0. The molecule has 0 radical (unpaired) electrons. The number of rotatable bonds is 1. The van der Waals surface area contributed by atoms with Gasteiger partial charge in [-0.05, 0) is 23.8 Å². The van der Waals surface area contributed by atoms with Gasteiger partial charge in [-0.3, -0.25) is 4.98 Å². The Labute approximate surface area is 105 Å². The van der Waals surface area contributed by atoms with Gasteiger partial charge < -0.3 is 10.6 Å². The van der Waals surface area contributed by atoms with Gasteiger partial charge in [0.2, 0.25) is 0 Å². The van der Waals surface area contributed by atoms with E-state index in [0.29, 0.717) is 6.04 Å². The molecule has 1 atom stereocenters. The molecule has 1 aliphatic heterocycles. The van der Waals surface area contributed by atoms with Crippen molar-refractivity contribution in [1.82, 2.24) is 15.6 Å². The minimum absolute atomic E-state index is 0.357. The van der Waals surface area contributed by atoms with E-state index in [1.165, 1.54) is 10.9 Å². The smallest absolute Gasteiger partial charge is 0.0720 e. The van der Waals surface area contributed by atoms with E-state index in [0.717, 1.165) is 30.2 Å². The van der Waals surface area contributed by atoms with Crippen LogP contribution in [0.2, 0.25) is 5.02 Å². The fourth-order valence-corrected chi connectivity index (χ4v) is 2.49. The normalized spacial score (nSPS) is 20.6. The maximum Gasteiger partial charge on any atom is 0.0720 e. The first-order chi connectivity index (χ1) is 8.34. The Morgan fingerprint density at radius 1 is 1.24 bits per heavy atom. The zero-order valence-electron chi connectivity index (χ0n) is 9.41. The SMILES string of the molecule is Clc1ccc2c(C3CNCCN3)ccnc2c1. The van der Waals surface area contributed by atoms with Crippen molar-refractivity contribution in [3.63, 3.8) is 0 Å². The third-order valence-corrected chi connectivity index (χ3v) is 3.39. The van der Waals surface area contributed by atoms with Crippen LogP contribution in [-0.4, -0.2) is 24.6 Å². The van der Waals surface area contributed by atoms with Crippen molar-refractivity contribution in [3.8, 4) is 0 Å². The van der Waals surface area contributed by atoms with E-state index >= 15 is 0 Å². The van der Waals surface area contributed by atoms with Gasteiger partial charge in [-0.25, -0.2) is 0 Å². The molecule has 1 fully saturated rings. The number of fused-ring (bicyclic) bond motifs is 1. The first-order valence-electron chi connectivity index (χ1n) is 5.83. The van der Waals surface area contributed by atoms with Crippen LogP contribution in [0.1, 0.15) is 11.6 Å². The van der Waals surface area contributed by atoms with Gasteiger partial charge in [0.15, 0.2) is 0 Å². The number of hydrogen-bond donors (Lipinski definition) is 2. The molecule has 1 saturated heterocycles. The van der Waals surface area contributed by atoms with E-state index in [1.54, 1.807) is 0 Å². The van der Waals surface area contributed by atoms with Gasteiger partial charge in [0, 0.05) is 42.3 Å². The first kappa shape index (κ1) is 11.0. The number of pyridine rings is 1.